The number of hydrogen-bond donors (Lipinski definition) is 2. The Morgan fingerprint density at radius 2 is 0.714 bits per heavy atom. The maximum absolute atomic E-state index is 10.5. The van der Waals surface area contributed by atoms with Crippen molar-refractivity contribution in [1.29, 1.82) is 0 Å². The van der Waals surface area contributed by atoms with Crippen molar-refractivity contribution in [1.82, 2.24) is 0 Å². The first-order valence-electron chi connectivity index (χ1n) is 14.0. The maximum Gasteiger partial charge on any atom is 0.264 e. The van der Waals surface area contributed by atoms with Crippen LogP contribution in [0.1, 0.15) is 99.3 Å². The third-order valence-electron chi connectivity index (χ3n) is 6.72. The second-order valence-electron chi connectivity index (χ2n) is 10.2. The summed E-state index contributed by atoms with van der Waals surface area (Å²) in [5.74, 6) is -0.202. The molecular weight excluding hydrogens is 782 g/mol. The van der Waals surface area contributed by atoms with Gasteiger partial charge in [0.25, 0.3) is 20.2 Å². The van der Waals surface area contributed by atoms with Crippen molar-refractivity contribution >= 4 is 20.2 Å². The Bertz CT molecular complexity index is 1040. The minimum atomic E-state index is -3.76. The van der Waals surface area contributed by atoms with Gasteiger partial charge in [0.1, 0.15) is 0 Å². The van der Waals surface area contributed by atoms with Gasteiger partial charge in [0.2, 0.25) is 0 Å². The van der Waals surface area contributed by atoms with Gasteiger partial charge in [-0.1, -0.05) is 99.9 Å². The number of unbranched alkanes of at least 4 members (excludes halogenated alkanes) is 10. The molecule has 0 heterocycles. The monoisotopic (exact) mass is 824 g/mol. The van der Waals surface area contributed by atoms with E-state index in [1.165, 1.54) is 47.9 Å². The smallest absolute Gasteiger partial charge is 0.264 e. The van der Waals surface area contributed by atoms with E-state index in [2.05, 4.69) is 62.4 Å². The van der Waals surface area contributed by atoms with E-state index in [9.17, 15) is 16.8 Å². The van der Waals surface area contributed by atoms with Crippen LogP contribution in [0, 0.1) is 13.8 Å². The molecule has 0 aliphatic heterocycles. The summed E-state index contributed by atoms with van der Waals surface area (Å²) < 4.78 is 59.2. The van der Waals surface area contributed by atoms with Crippen LogP contribution in [-0.2, 0) is 111 Å². The summed E-state index contributed by atoms with van der Waals surface area (Å²) in [5.41, 5.74) is 5.56. The van der Waals surface area contributed by atoms with Crippen molar-refractivity contribution < 1.29 is 104 Å². The molecule has 2 aromatic carbocycles. The Morgan fingerprint density at radius 3 is 1.00 bits per heavy atom. The van der Waals surface area contributed by atoms with Crippen molar-refractivity contribution in [2.75, 3.05) is 11.5 Å². The molecule has 2 N–H and O–H groups in total. The van der Waals surface area contributed by atoms with Gasteiger partial charge in [-0.3, -0.25) is 9.11 Å². The van der Waals surface area contributed by atoms with Crippen molar-refractivity contribution in [3.05, 3.63) is 70.8 Å². The molecule has 0 unspecified atom stereocenters. The van der Waals surface area contributed by atoms with Crippen molar-refractivity contribution in [3.8, 4) is 0 Å². The molecule has 0 bridgehead atoms. The zero-order valence-corrected chi connectivity index (χ0v) is 39.6. The molecule has 224 valence electrons. The number of aryl methyl sites for hydroxylation is 4. The van der Waals surface area contributed by atoms with E-state index in [0.717, 1.165) is 51.4 Å². The third kappa shape index (κ3) is 29.5. The Morgan fingerprint density at radius 1 is 0.452 bits per heavy atom. The van der Waals surface area contributed by atoms with E-state index in [1.807, 2.05) is 0 Å². The molecule has 0 aliphatic carbocycles. The van der Waals surface area contributed by atoms with E-state index in [0.29, 0.717) is 12.8 Å². The maximum atomic E-state index is 10.5. The topological polar surface area (TPSA) is 109 Å². The molecule has 0 aliphatic rings. The second kappa shape index (κ2) is 29.2. The molecule has 0 amide bonds. The van der Waals surface area contributed by atoms with Crippen LogP contribution in [0.5, 0.6) is 0 Å². The molecule has 0 fully saturated rings. The predicted octanol–water partition coefficient (Wildman–Crippen LogP) is 7.52. The normalized spacial score (nSPS) is 10.6. The molecule has 0 saturated carbocycles. The van der Waals surface area contributed by atoms with Gasteiger partial charge >= 0.3 is 0 Å². The fourth-order valence-corrected chi connectivity index (χ4v) is 5.53. The summed E-state index contributed by atoms with van der Waals surface area (Å²) in [6.45, 7) is 4.29. The minimum Gasteiger partial charge on any atom is -0.286 e. The van der Waals surface area contributed by atoms with Gasteiger partial charge in [0.15, 0.2) is 0 Å². The van der Waals surface area contributed by atoms with Crippen molar-refractivity contribution in [2.24, 2.45) is 0 Å². The van der Waals surface area contributed by atoms with Crippen LogP contribution in [0.4, 0.5) is 0 Å². The van der Waals surface area contributed by atoms with E-state index < -0.39 is 20.2 Å². The zero-order chi connectivity index (χ0) is 28.3. The molecule has 2 rings (SSSR count). The molecule has 0 saturated heterocycles. The van der Waals surface area contributed by atoms with E-state index in [4.69, 9.17) is 9.11 Å². The summed E-state index contributed by atoms with van der Waals surface area (Å²) in [7, 11) is -7.52. The van der Waals surface area contributed by atoms with Crippen LogP contribution in [-0.4, -0.2) is 37.4 Å². The van der Waals surface area contributed by atoms with Gasteiger partial charge < -0.3 is 0 Å². The third-order valence-corrected chi connectivity index (χ3v) is 8.33. The van der Waals surface area contributed by atoms with E-state index >= 15 is 0 Å². The largest absolute Gasteiger partial charge is 0.286 e. The molecule has 42 heavy (non-hydrogen) atoms. The van der Waals surface area contributed by atoms with Crippen LogP contribution >= 0.6 is 0 Å². The fraction of sp³-hybridized carbons (Fsp3) is 0.600. The number of benzene rings is 2. The van der Waals surface area contributed by atoms with Gasteiger partial charge in [-0.25, -0.2) is 0 Å². The van der Waals surface area contributed by atoms with Gasteiger partial charge in [-0.05, 0) is 74.6 Å². The van der Waals surface area contributed by atoms with Gasteiger partial charge in [-0.2, -0.15) is 16.8 Å². The summed E-state index contributed by atoms with van der Waals surface area (Å²) >= 11 is 0. The minimum absolute atomic E-state index is 0. The molecule has 0 spiro atoms. The molecule has 0 atom stereocenters. The van der Waals surface area contributed by atoms with Gasteiger partial charge in [0.05, 0.1) is 11.5 Å². The molecule has 0 radical (unpaired) electrons. The van der Waals surface area contributed by atoms with Crippen molar-refractivity contribution in [3.63, 3.8) is 0 Å². The fourth-order valence-electron chi connectivity index (χ4n) is 4.40. The van der Waals surface area contributed by atoms with Crippen molar-refractivity contribution in [2.45, 2.75) is 104 Å². The van der Waals surface area contributed by atoms with Crippen LogP contribution in [0.25, 0.3) is 0 Å². The molecule has 0 aromatic heterocycles. The summed E-state index contributed by atoms with van der Waals surface area (Å²) in [6.07, 6.45) is 14.2. The Kier molecular flexibility index (Phi) is 34.5. The van der Waals surface area contributed by atoms with Crippen LogP contribution in [0.2, 0.25) is 0 Å². The zero-order valence-electron chi connectivity index (χ0n) is 26.1. The Hall–Kier alpha value is 0.754. The van der Waals surface area contributed by atoms with Crippen LogP contribution in [0.3, 0.4) is 0 Å². The standard InChI is InChI=1S/2C15H24O3S.4Zn/c2*1-14-10-7-8-12-15(14)11-6-4-2-3-5-9-13-19(16,17)18;;;;/h2*7-8,10,12H,2-6,9,11,13H2,1H3,(H,16,17,18);;;;. The van der Waals surface area contributed by atoms with Crippen LogP contribution in [0.15, 0.2) is 48.5 Å². The first-order chi connectivity index (χ1) is 18.0. The summed E-state index contributed by atoms with van der Waals surface area (Å²) in [6, 6.07) is 16.9. The van der Waals surface area contributed by atoms with E-state index in [1.54, 1.807) is 0 Å². The summed E-state index contributed by atoms with van der Waals surface area (Å²) in [4.78, 5) is 0. The van der Waals surface area contributed by atoms with E-state index in [-0.39, 0.29) is 89.4 Å². The Balaban J connectivity index is -0.000000314. The van der Waals surface area contributed by atoms with Gasteiger partial charge in [0, 0.05) is 77.9 Å². The first-order valence-corrected chi connectivity index (χ1v) is 17.2. The molecule has 12 heteroatoms. The summed E-state index contributed by atoms with van der Waals surface area (Å²) in [5, 5.41) is 0. The predicted molar refractivity (Wildman–Crippen MR) is 158 cm³/mol. The SMILES string of the molecule is Cc1ccccc1CCCCCCCCS(=O)(=O)O.Cc1ccccc1CCCCCCCCS(=O)(=O)O.[Zn].[Zn].[Zn].[Zn]. The number of hydrogen-bond acceptors (Lipinski definition) is 4. The quantitative estimate of drug-likeness (QED) is 0.0915. The first kappa shape index (κ1) is 49.6. The van der Waals surface area contributed by atoms with Crippen LogP contribution < -0.4 is 0 Å². The van der Waals surface area contributed by atoms with Gasteiger partial charge in [-0.15, -0.1) is 0 Å². The average molecular weight is 830 g/mol. The number of rotatable bonds is 18. The average Bonchev–Trinajstić information content (AvgIpc) is 2.83. The Labute approximate surface area is 307 Å². The molecule has 6 nitrogen and oxygen atoms in total. The second-order valence-corrected chi connectivity index (χ2v) is 13.3. The molecular formula is C30H48O6S2Zn4. The molecule has 2 aromatic rings.